The van der Waals surface area contributed by atoms with Gasteiger partial charge in [-0.05, 0) is 37.2 Å². The van der Waals surface area contributed by atoms with Crippen molar-refractivity contribution in [2.45, 2.75) is 13.2 Å². The number of nitrogens with zero attached hydrogens (tertiary/aromatic N) is 2. The summed E-state index contributed by atoms with van der Waals surface area (Å²) in [6.45, 7) is 2.10. The maximum Gasteiger partial charge on any atom is 0.0682 e. The summed E-state index contributed by atoms with van der Waals surface area (Å²) < 4.78 is 2.23. The van der Waals surface area contributed by atoms with Crippen molar-refractivity contribution in [2.75, 3.05) is 20.6 Å². The second-order valence-corrected chi connectivity index (χ2v) is 4.36. The van der Waals surface area contributed by atoms with Crippen molar-refractivity contribution in [3.63, 3.8) is 0 Å². The maximum atomic E-state index is 9.13. The summed E-state index contributed by atoms with van der Waals surface area (Å²) in [5, 5.41) is 10.4. The Kier molecular flexibility index (Phi) is 3.27. The van der Waals surface area contributed by atoms with Gasteiger partial charge in [-0.3, -0.25) is 0 Å². The fourth-order valence-electron chi connectivity index (χ4n) is 1.83. The van der Waals surface area contributed by atoms with E-state index in [9.17, 15) is 0 Å². The van der Waals surface area contributed by atoms with Gasteiger partial charge in [-0.15, -0.1) is 0 Å². The molecule has 0 amide bonds. The molecule has 16 heavy (non-hydrogen) atoms. The van der Waals surface area contributed by atoms with Gasteiger partial charge < -0.3 is 14.6 Å². The Hall–Kier alpha value is -1.32. The molecule has 0 atom stereocenters. The van der Waals surface area contributed by atoms with E-state index in [-0.39, 0.29) is 6.61 Å². The van der Waals surface area contributed by atoms with Crippen molar-refractivity contribution in [1.29, 1.82) is 0 Å². The fraction of sp³-hybridized carbons (Fsp3) is 0.385. The molecule has 0 fully saturated rings. The molecule has 0 bridgehead atoms. The first-order valence-corrected chi connectivity index (χ1v) is 5.54. The van der Waals surface area contributed by atoms with E-state index in [2.05, 4.69) is 48.0 Å². The summed E-state index contributed by atoms with van der Waals surface area (Å²) >= 11 is 0. The van der Waals surface area contributed by atoms with Crippen LogP contribution in [0.1, 0.15) is 5.56 Å². The predicted octanol–water partition coefficient (Wildman–Crippen LogP) is 1.70. The van der Waals surface area contributed by atoms with Crippen LogP contribution in [-0.4, -0.2) is 35.2 Å². The van der Waals surface area contributed by atoms with Gasteiger partial charge >= 0.3 is 0 Å². The average Bonchev–Trinajstić information content (AvgIpc) is 2.68. The lowest BCUT2D eigenvalue weighted by molar-refractivity contribution is 0.282. The van der Waals surface area contributed by atoms with E-state index in [0.717, 1.165) is 18.7 Å². The maximum absolute atomic E-state index is 9.13. The smallest absolute Gasteiger partial charge is 0.0682 e. The van der Waals surface area contributed by atoms with Crippen LogP contribution in [0, 0.1) is 0 Å². The van der Waals surface area contributed by atoms with E-state index in [1.54, 1.807) is 0 Å². The minimum absolute atomic E-state index is 0.106. The van der Waals surface area contributed by atoms with E-state index >= 15 is 0 Å². The Morgan fingerprint density at radius 2 is 2.06 bits per heavy atom. The lowest BCUT2D eigenvalue weighted by Crippen LogP contribution is -2.17. The molecule has 0 saturated heterocycles. The van der Waals surface area contributed by atoms with Gasteiger partial charge in [0.15, 0.2) is 0 Å². The lowest BCUT2D eigenvalue weighted by Gasteiger charge is -2.11. The third-order valence-electron chi connectivity index (χ3n) is 2.81. The van der Waals surface area contributed by atoms with Crippen molar-refractivity contribution >= 4 is 10.9 Å². The number of likely N-dealkylation sites (N-methyl/N-ethyl adjacent to an activating group) is 1. The summed E-state index contributed by atoms with van der Waals surface area (Å²) in [6, 6.07) is 8.21. The van der Waals surface area contributed by atoms with Gasteiger partial charge in [0.1, 0.15) is 0 Å². The molecule has 3 heteroatoms. The Morgan fingerprint density at radius 3 is 2.75 bits per heavy atom. The molecule has 3 nitrogen and oxygen atoms in total. The molecule has 0 saturated carbocycles. The van der Waals surface area contributed by atoms with E-state index in [1.165, 1.54) is 10.9 Å². The zero-order valence-electron chi connectivity index (χ0n) is 9.85. The molecule has 2 aromatic rings. The number of fused-ring (bicyclic) bond motifs is 1. The predicted molar refractivity (Wildman–Crippen MR) is 66.4 cm³/mol. The summed E-state index contributed by atoms with van der Waals surface area (Å²) in [5.74, 6) is 0. The molecule has 0 aliphatic rings. The van der Waals surface area contributed by atoms with Crippen molar-refractivity contribution < 1.29 is 5.11 Å². The van der Waals surface area contributed by atoms with Crippen LogP contribution >= 0.6 is 0 Å². The summed E-state index contributed by atoms with van der Waals surface area (Å²) in [6.07, 6.45) is 2.11. The molecule has 1 heterocycles. The van der Waals surface area contributed by atoms with E-state index in [0.29, 0.717) is 0 Å². The number of hydrogen-bond donors (Lipinski definition) is 1. The first-order chi connectivity index (χ1) is 7.70. The Balaban J connectivity index is 2.30. The molecular formula is C13H18N2O. The van der Waals surface area contributed by atoms with Crippen LogP contribution < -0.4 is 0 Å². The van der Waals surface area contributed by atoms with Gasteiger partial charge in [-0.25, -0.2) is 0 Å². The first-order valence-electron chi connectivity index (χ1n) is 5.54. The van der Waals surface area contributed by atoms with Crippen molar-refractivity contribution in [3.05, 3.63) is 36.0 Å². The van der Waals surface area contributed by atoms with E-state index in [1.807, 2.05) is 6.07 Å². The minimum atomic E-state index is 0.106. The quantitative estimate of drug-likeness (QED) is 0.846. The summed E-state index contributed by atoms with van der Waals surface area (Å²) in [5.41, 5.74) is 2.17. The molecule has 2 rings (SSSR count). The monoisotopic (exact) mass is 218 g/mol. The third-order valence-corrected chi connectivity index (χ3v) is 2.81. The van der Waals surface area contributed by atoms with Crippen LogP contribution in [0.5, 0.6) is 0 Å². The Labute approximate surface area is 95.9 Å². The number of benzene rings is 1. The lowest BCUT2D eigenvalue weighted by atomic mass is 10.2. The topological polar surface area (TPSA) is 28.4 Å². The highest BCUT2D eigenvalue weighted by Crippen LogP contribution is 2.17. The molecular weight excluding hydrogens is 200 g/mol. The Bertz CT molecular complexity index is 474. The number of aliphatic hydroxyl groups is 1. The fourth-order valence-corrected chi connectivity index (χ4v) is 1.83. The van der Waals surface area contributed by atoms with Crippen LogP contribution in [0.4, 0.5) is 0 Å². The van der Waals surface area contributed by atoms with Gasteiger partial charge in [0.05, 0.1) is 6.61 Å². The standard InChI is InChI=1S/C13H18N2O/c1-14(2)7-8-15-6-5-12-4-3-11(10-16)9-13(12)15/h3-6,9,16H,7-8,10H2,1-2H3. The zero-order valence-corrected chi connectivity index (χ0v) is 9.85. The normalized spacial score (nSPS) is 11.5. The zero-order chi connectivity index (χ0) is 11.5. The van der Waals surface area contributed by atoms with Gasteiger partial charge in [0.25, 0.3) is 0 Å². The largest absolute Gasteiger partial charge is 0.392 e. The van der Waals surface area contributed by atoms with Crippen LogP contribution in [0.25, 0.3) is 10.9 Å². The summed E-state index contributed by atoms with van der Waals surface area (Å²) in [4.78, 5) is 2.17. The number of hydrogen-bond acceptors (Lipinski definition) is 2. The molecule has 1 aromatic heterocycles. The number of aromatic nitrogens is 1. The molecule has 0 aliphatic heterocycles. The second kappa shape index (κ2) is 4.68. The van der Waals surface area contributed by atoms with Gasteiger partial charge in [-0.2, -0.15) is 0 Å². The van der Waals surface area contributed by atoms with E-state index in [4.69, 9.17) is 5.11 Å². The SMILES string of the molecule is CN(C)CCn1ccc2ccc(CO)cc21. The van der Waals surface area contributed by atoms with E-state index < -0.39 is 0 Å². The highest BCUT2D eigenvalue weighted by Gasteiger charge is 2.02. The Morgan fingerprint density at radius 1 is 1.25 bits per heavy atom. The molecule has 0 spiro atoms. The number of rotatable bonds is 4. The molecule has 1 N–H and O–H groups in total. The van der Waals surface area contributed by atoms with Crippen molar-refractivity contribution in [3.8, 4) is 0 Å². The summed E-state index contributed by atoms with van der Waals surface area (Å²) in [7, 11) is 4.15. The van der Waals surface area contributed by atoms with Gasteiger partial charge in [0, 0.05) is 24.8 Å². The van der Waals surface area contributed by atoms with Crippen LogP contribution in [0.15, 0.2) is 30.5 Å². The van der Waals surface area contributed by atoms with Crippen molar-refractivity contribution in [1.82, 2.24) is 9.47 Å². The minimum Gasteiger partial charge on any atom is -0.392 e. The average molecular weight is 218 g/mol. The van der Waals surface area contributed by atoms with Crippen LogP contribution in [-0.2, 0) is 13.2 Å². The number of aliphatic hydroxyl groups excluding tert-OH is 1. The van der Waals surface area contributed by atoms with Crippen LogP contribution in [0.2, 0.25) is 0 Å². The molecule has 1 aromatic carbocycles. The highest BCUT2D eigenvalue weighted by atomic mass is 16.3. The van der Waals surface area contributed by atoms with Gasteiger partial charge in [-0.1, -0.05) is 12.1 Å². The van der Waals surface area contributed by atoms with Crippen molar-refractivity contribution in [2.24, 2.45) is 0 Å². The first kappa shape index (κ1) is 11.2. The second-order valence-electron chi connectivity index (χ2n) is 4.36. The van der Waals surface area contributed by atoms with Gasteiger partial charge in [0.2, 0.25) is 0 Å². The van der Waals surface area contributed by atoms with Crippen LogP contribution in [0.3, 0.4) is 0 Å². The highest BCUT2D eigenvalue weighted by molar-refractivity contribution is 5.80. The third kappa shape index (κ3) is 2.26. The molecule has 0 radical (unpaired) electrons. The molecule has 86 valence electrons. The molecule has 0 aliphatic carbocycles. The molecule has 0 unspecified atom stereocenters.